The van der Waals surface area contributed by atoms with Crippen LogP contribution >= 0.6 is 11.3 Å². The number of aromatic nitrogens is 4. The summed E-state index contributed by atoms with van der Waals surface area (Å²) in [6.45, 7) is 5.84. The molecular weight excluding hydrogens is 350 g/mol. The molecule has 3 rings (SSSR count). The van der Waals surface area contributed by atoms with Gasteiger partial charge in [-0.15, -0.1) is 16.4 Å². The summed E-state index contributed by atoms with van der Waals surface area (Å²) in [6, 6.07) is 7.39. The molecule has 0 spiro atoms. The third-order valence-corrected chi connectivity index (χ3v) is 4.98. The molecule has 2 heterocycles. The number of tetrazole rings is 1. The highest BCUT2D eigenvalue weighted by molar-refractivity contribution is 7.12. The average Bonchev–Trinajstić information content (AvgIpc) is 3.24. The molecule has 8 heteroatoms. The smallest absolute Gasteiger partial charge is 0.224 e. The summed E-state index contributed by atoms with van der Waals surface area (Å²) in [5.41, 5.74) is 3.12. The van der Waals surface area contributed by atoms with E-state index in [2.05, 4.69) is 20.8 Å². The fourth-order valence-electron chi connectivity index (χ4n) is 2.70. The molecule has 7 nitrogen and oxygen atoms in total. The molecule has 0 aliphatic carbocycles. The standard InChI is InChI=1S/C18H19N5O2S/c1-11-4-5-14(9-16(11)23-10-19-21-22-23)20-18(25)7-6-17(24)15-8-12(2)26-13(15)3/h4-5,8-10H,6-7H2,1-3H3,(H,20,25). The van der Waals surface area contributed by atoms with Crippen LogP contribution in [0.4, 0.5) is 5.69 Å². The molecule has 0 bridgehead atoms. The summed E-state index contributed by atoms with van der Waals surface area (Å²) in [4.78, 5) is 26.6. The molecule has 26 heavy (non-hydrogen) atoms. The first-order chi connectivity index (χ1) is 12.4. The first-order valence-electron chi connectivity index (χ1n) is 8.18. The van der Waals surface area contributed by atoms with Crippen LogP contribution in [0.5, 0.6) is 0 Å². The van der Waals surface area contributed by atoms with Crippen molar-refractivity contribution in [3.63, 3.8) is 0 Å². The zero-order chi connectivity index (χ0) is 18.7. The van der Waals surface area contributed by atoms with Crippen molar-refractivity contribution in [2.45, 2.75) is 33.6 Å². The van der Waals surface area contributed by atoms with Gasteiger partial charge in [0.05, 0.1) is 5.69 Å². The number of carbonyl (C=O) groups is 2. The second-order valence-corrected chi connectivity index (χ2v) is 7.51. The molecule has 0 saturated heterocycles. The topological polar surface area (TPSA) is 89.8 Å². The van der Waals surface area contributed by atoms with Crippen molar-refractivity contribution in [3.8, 4) is 5.69 Å². The number of hydrogen-bond donors (Lipinski definition) is 1. The molecule has 0 fully saturated rings. The van der Waals surface area contributed by atoms with E-state index in [1.54, 1.807) is 17.4 Å². The van der Waals surface area contributed by atoms with Crippen molar-refractivity contribution in [3.05, 3.63) is 51.5 Å². The Morgan fingerprint density at radius 2 is 1.96 bits per heavy atom. The van der Waals surface area contributed by atoms with E-state index >= 15 is 0 Å². The van der Waals surface area contributed by atoms with Crippen molar-refractivity contribution in [2.75, 3.05) is 5.32 Å². The van der Waals surface area contributed by atoms with E-state index < -0.39 is 0 Å². The van der Waals surface area contributed by atoms with Crippen molar-refractivity contribution < 1.29 is 9.59 Å². The highest BCUT2D eigenvalue weighted by Gasteiger charge is 2.14. The van der Waals surface area contributed by atoms with Crippen molar-refractivity contribution in [1.29, 1.82) is 0 Å². The summed E-state index contributed by atoms with van der Waals surface area (Å²) in [7, 11) is 0. The maximum absolute atomic E-state index is 12.3. The molecular formula is C18H19N5O2S. The van der Waals surface area contributed by atoms with Crippen LogP contribution in [0.1, 0.15) is 38.5 Å². The summed E-state index contributed by atoms with van der Waals surface area (Å²) in [6.07, 6.45) is 1.83. The van der Waals surface area contributed by atoms with E-state index in [4.69, 9.17) is 0 Å². The lowest BCUT2D eigenvalue weighted by Crippen LogP contribution is -2.14. The number of ketones is 1. The molecule has 1 N–H and O–H groups in total. The van der Waals surface area contributed by atoms with Crippen LogP contribution in [-0.4, -0.2) is 31.9 Å². The van der Waals surface area contributed by atoms with Gasteiger partial charge in [-0.1, -0.05) is 6.07 Å². The molecule has 0 saturated carbocycles. The molecule has 3 aromatic rings. The highest BCUT2D eigenvalue weighted by Crippen LogP contribution is 2.23. The Labute approximate surface area is 155 Å². The van der Waals surface area contributed by atoms with Crippen molar-refractivity contribution in [1.82, 2.24) is 20.2 Å². The van der Waals surface area contributed by atoms with Crippen LogP contribution in [0.15, 0.2) is 30.6 Å². The molecule has 0 atom stereocenters. The van der Waals surface area contributed by atoms with Gasteiger partial charge in [0.2, 0.25) is 5.91 Å². The Morgan fingerprint density at radius 1 is 1.15 bits per heavy atom. The lowest BCUT2D eigenvalue weighted by atomic mass is 10.1. The quantitative estimate of drug-likeness (QED) is 0.674. The molecule has 2 aromatic heterocycles. The minimum atomic E-state index is -0.200. The molecule has 0 aliphatic heterocycles. The molecule has 1 aromatic carbocycles. The SMILES string of the molecule is Cc1cc(C(=O)CCC(=O)Nc2ccc(C)c(-n3cnnn3)c2)c(C)s1. The fraction of sp³-hybridized carbons (Fsp3) is 0.278. The van der Waals surface area contributed by atoms with Gasteiger partial charge in [0.25, 0.3) is 0 Å². The van der Waals surface area contributed by atoms with E-state index in [-0.39, 0.29) is 24.5 Å². The van der Waals surface area contributed by atoms with Gasteiger partial charge < -0.3 is 5.32 Å². The molecule has 0 aliphatic rings. The molecule has 0 radical (unpaired) electrons. The first kappa shape index (κ1) is 17.9. The number of nitrogens with zero attached hydrogens (tertiary/aromatic N) is 4. The monoisotopic (exact) mass is 369 g/mol. The van der Waals surface area contributed by atoms with E-state index in [1.807, 2.05) is 39.0 Å². The molecule has 134 valence electrons. The average molecular weight is 369 g/mol. The summed E-state index contributed by atoms with van der Waals surface area (Å²) >= 11 is 1.60. The number of benzene rings is 1. The Morgan fingerprint density at radius 3 is 2.62 bits per heavy atom. The van der Waals surface area contributed by atoms with Crippen LogP contribution in [0.3, 0.4) is 0 Å². The largest absolute Gasteiger partial charge is 0.326 e. The van der Waals surface area contributed by atoms with Gasteiger partial charge in [0, 0.05) is 33.8 Å². The number of hydrogen-bond acceptors (Lipinski definition) is 6. The maximum atomic E-state index is 12.3. The van der Waals surface area contributed by atoms with Crippen LogP contribution in [-0.2, 0) is 4.79 Å². The number of aryl methyl sites for hydroxylation is 3. The Bertz CT molecular complexity index is 947. The third-order valence-electron chi connectivity index (χ3n) is 4.01. The molecule has 0 unspecified atom stereocenters. The second kappa shape index (κ2) is 7.57. The predicted octanol–water partition coefficient (Wildman–Crippen LogP) is 3.25. The van der Waals surface area contributed by atoms with Gasteiger partial charge in [-0.2, -0.15) is 0 Å². The fourth-order valence-corrected chi connectivity index (χ4v) is 3.64. The third kappa shape index (κ3) is 4.02. The van der Waals surface area contributed by atoms with E-state index in [0.29, 0.717) is 5.69 Å². The normalized spacial score (nSPS) is 10.7. The zero-order valence-corrected chi connectivity index (χ0v) is 15.6. The van der Waals surface area contributed by atoms with E-state index in [9.17, 15) is 9.59 Å². The summed E-state index contributed by atoms with van der Waals surface area (Å²) in [5, 5.41) is 13.9. The van der Waals surface area contributed by atoms with E-state index in [1.165, 1.54) is 11.0 Å². The van der Waals surface area contributed by atoms with Gasteiger partial charge in [-0.05, 0) is 55.0 Å². The lowest BCUT2D eigenvalue weighted by molar-refractivity contribution is -0.116. The first-order valence-corrected chi connectivity index (χ1v) is 9.00. The number of nitrogens with one attached hydrogen (secondary N) is 1. The van der Waals surface area contributed by atoms with Crippen LogP contribution in [0.25, 0.3) is 5.69 Å². The van der Waals surface area contributed by atoms with Crippen molar-refractivity contribution in [2.24, 2.45) is 0 Å². The van der Waals surface area contributed by atoms with Gasteiger partial charge in [0.15, 0.2) is 5.78 Å². The maximum Gasteiger partial charge on any atom is 0.224 e. The number of rotatable bonds is 6. The zero-order valence-electron chi connectivity index (χ0n) is 14.8. The summed E-state index contributed by atoms with van der Waals surface area (Å²) < 4.78 is 1.54. The Balaban J connectivity index is 1.63. The van der Waals surface area contributed by atoms with Gasteiger partial charge in [0.1, 0.15) is 6.33 Å². The lowest BCUT2D eigenvalue weighted by Gasteiger charge is -2.09. The number of thiophene rings is 1. The predicted molar refractivity (Wildman–Crippen MR) is 99.9 cm³/mol. The van der Waals surface area contributed by atoms with Crippen LogP contribution in [0.2, 0.25) is 0 Å². The number of carbonyl (C=O) groups excluding carboxylic acids is 2. The Hall–Kier alpha value is -2.87. The van der Waals surface area contributed by atoms with Gasteiger partial charge in [-0.25, -0.2) is 4.68 Å². The second-order valence-electron chi connectivity index (χ2n) is 6.05. The molecule has 1 amide bonds. The minimum absolute atomic E-state index is 0.000264. The van der Waals surface area contributed by atoms with Crippen LogP contribution in [0, 0.1) is 20.8 Å². The summed E-state index contributed by atoms with van der Waals surface area (Å²) in [5.74, 6) is -0.199. The number of Topliss-reactive ketones (excluding diaryl/α,β-unsaturated/α-hetero) is 1. The Kier molecular flexibility index (Phi) is 5.22. The van der Waals surface area contributed by atoms with E-state index in [0.717, 1.165) is 26.6 Å². The minimum Gasteiger partial charge on any atom is -0.326 e. The van der Waals surface area contributed by atoms with Gasteiger partial charge in [-0.3, -0.25) is 9.59 Å². The number of amides is 1. The van der Waals surface area contributed by atoms with Crippen molar-refractivity contribution >= 4 is 28.7 Å². The van der Waals surface area contributed by atoms with Gasteiger partial charge >= 0.3 is 0 Å². The number of anilines is 1. The highest BCUT2D eigenvalue weighted by atomic mass is 32.1. The van der Waals surface area contributed by atoms with Crippen LogP contribution < -0.4 is 5.32 Å².